The van der Waals surface area contributed by atoms with Crippen LogP contribution in [0.5, 0.6) is 0 Å². The second-order valence-electron chi connectivity index (χ2n) is 5.84. The zero-order valence-electron chi connectivity index (χ0n) is 13.5. The summed E-state index contributed by atoms with van der Waals surface area (Å²) in [5.41, 5.74) is 13.6. The minimum absolute atomic E-state index is 0.435. The van der Waals surface area contributed by atoms with E-state index in [0.29, 0.717) is 13.0 Å². The van der Waals surface area contributed by atoms with Gasteiger partial charge in [-0.15, -0.1) is 11.3 Å². The van der Waals surface area contributed by atoms with E-state index in [-0.39, 0.29) is 0 Å². The van der Waals surface area contributed by atoms with Crippen LogP contribution in [0.3, 0.4) is 0 Å². The number of rotatable bonds is 4. The first-order chi connectivity index (χ1) is 12.2. The number of nitrogens with two attached hydrogens (primary N) is 2. The van der Waals surface area contributed by atoms with Crippen molar-refractivity contribution in [3.8, 4) is 0 Å². The van der Waals surface area contributed by atoms with Gasteiger partial charge in [-0.3, -0.25) is 4.99 Å². The summed E-state index contributed by atoms with van der Waals surface area (Å²) < 4.78 is 0.981. The summed E-state index contributed by atoms with van der Waals surface area (Å²) >= 11 is 1.59. The van der Waals surface area contributed by atoms with Gasteiger partial charge in [0.2, 0.25) is 0 Å². The zero-order valence-corrected chi connectivity index (χ0v) is 14.4. The Balaban J connectivity index is 1.92. The van der Waals surface area contributed by atoms with Crippen LogP contribution < -0.4 is 22.0 Å². The largest absolute Gasteiger partial charge is 0.330 e. The number of hydrogen-bond donors (Lipinski definition) is 2. The Kier molecular flexibility index (Phi) is 4.04. The highest BCUT2D eigenvalue weighted by Gasteiger charge is 2.35. The molecule has 1 aliphatic rings. The number of benzene rings is 1. The molecule has 1 aromatic carbocycles. The minimum Gasteiger partial charge on any atom is -0.330 e. The van der Waals surface area contributed by atoms with E-state index in [0.717, 1.165) is 26.5 Å². The average Bonchev–Trinajstić information content (AvgIpc) is 3.00. The fourth-order valence-electron chi connectivity index (χ4n) is 3.03. The first-order valence-corrected chi connectivity index (χ1v) is 8.88. The zero-order chi connectivity index (χ0) is 17.3. The molecular formula is C18H18N6S. The monoisotopic (exact) mass is 350 g/mol. The van der Waals surface area contributed by atoms with E-state index in [1.54, 1.807) is 23.9 Å². The Labute approximate surface area is 148 Å². The summed E-state index contributed by atoms with van der Waals surface area (Å²) in [6, 6.07) is 9.92. The molecule has 0 amide bonds. The van der Waals surface area contributed by atoms with Gasteiger partial charge in [-0.2, -0.15) is 0 Å². The first kappa shape index (κ1) is 15.9. The van der Waals surface area contributed by atoms with Gasteiger partial charge in [0.15, 0.2) is 0 Å². The highest BCUT2D eigenvalue weighted by atomic mass is 32.1. The molecule has 0 saturated carbocycles. The molecule has 4 rings (SSSR count). The molecule has 0 fully saturated rings. The van der Waals surface area contributed by atoms with Crippen molar-refractivity contribution in [2.75, 3.05) is 6.54 Å². The molecular weight excluding hydrogens is 332 g/mol. The maximum absolute atomic E-state index is 6.89. The standard InChI is InChI=1S/C18H18N6S/c19-7-6-18(20,17-16-15(5-10-25-16)22-12-23-17)24-9-8-21-14-4-2-1-3-13(14)11-24/h1-5,8-12H,6-7,19-20H2. The Bertz CT molecular complexity index is 1060. The number of aromatic nitrogens is 2. The molecule has 7 heteroatoms. The highest BCUT2D eigenvalue weighted by Crippen LogP contribution is 2.33. The third-order valence-electron chi connectivity index (χ3n) is 4.30. The molecule has 1 atom stereocenters. The van der Waals surface area contributed by atoms with Crippen molar-refractivity contribution in [1.29, 1.82) is 0 Å². The minimum atomic E-state index is -0.885. The van der Waals surface area contributed by atoms with Crippen molar-refractivity contribution in [3.63, 3.8) is 0 Å². The van der Waals surface area contributed by atoms with E-state index in [2.05, 4.69) is 15.0 Å². The van der Waals surface area contributed by atoms with Gasteiger partial charge in [0, 0.05) is 30.2 Å². The van der Waals surface area contributed by atoms with Crippen LogP contribution in [0.25, 0.3) is 16.4 Å². The fraction of sp³-hybridized carbons (Fsp3) is 0.167. The van der Waals surface area contributed by atoms with Gasteiger partial charge in [-0.05, 0) is 24.1 Å². The molecule has 0 saturated heterocycles. The second-order valence-corrected chi connectivity index (χ2v) is 6.76. The smallest absolute Gasteiger partial charge is 0.138 e. The summed E-state index contributed by atoms with van der Waals surface area (Å²) in [7, 11) is 0. The van der Waals surface area contributed by atoms with Crippen molar-refractivity contribution in [2.24, 2.45) is 16.5 Å². The number of fused-ring (bicyclic) bond motifs is 2. The normalized spacial score (nSPS) is 15.8. The summed E-state index contributed by atoms with van der Waals surface area (Å²) in [5.74, 6) is 0. The van der Waals surface area contributed by atoms with Gasteiger partial charge in [0.25, 0.3) is 0 Å². The van der Waals surface area contributed by atoms with E-state index < -0.39 is 5.66 Å². The van der Waals surface area contributed by atoms with Crippen molar-refractivity contribution in [3.05, 3.63) is 70.7 Å². The lowest BCUT2D eigenvalue weighted by atomic mass is 10.00. The van der Waals surface area contributed by atoms with Crippen LogP contribution in [-0.2, 0) is 5.66 Å². The Morgan fingerprint density at radius 2 is 2.04 bits per heavy atom. The van der Waals surface area contributed by atoms with Crippen molar-refractivity contribution < 1.29 is 0 Å². The van der Waals surface area contributed by atoms with E-state index in [9.17, 15) is 0 Å². The van der Waals surface area contributed by atoms with Crippen LogP contribution in [-0.4, -0.2) is 21.4 Å². The predicted octanol–water partition coefficient (Wildman–Crippen LogP) is 0.996. The summed E-state index contributed by atoms with van der Waals surface area (Å²) in [5, 5.41) is 3.90. The molecule has 1 unspecified atom stereocenters. The number of para-hydroxylation sites is 1. The van der Waals surface area contributed by atoms with Gasteiger partial charge in [0.05, 0.1) is 15.6 Å². The van der Waals surface area contributed by atoms with E-state index in [1.165, 1.54) is 0 Å². The van der Waals surface area contributed by atoms with Gasteiger partial charge in [-0.1, -0.05) is 18.2 Å². The first-order valence-electron chi connectivity index (χ1n) is 8.00. The maximum atomic E-state index is 6.89. The average molecular weight is 350 g/mol. The summed E-state index contributed by atoms with van der Waals surface area (Å²) in [6.07, 6.45) is 7.73. The fourth-order valence-corrected chi connectivity index (χ4v) is 3.94. The molecule has 126 valence electrons. The highest BCUT2D eigenvalue weighted by molar-refractivity contribution is 7.17. The second kappa shape index (κ2) is 6.36. The predicted molar refractivity (Wildman–Crippen MR) is 99.6 cm³/mol. The molecule has 0 aliphatic carbocycles. The van der Waals surface area contributed by atoms with Gasteiger partial charge in [0.1, 0.15) is 17.7 Å². The molecule has 1 aliphatic heterocycles. The lowest BCUT2D eigenvalue weighted by Gasteiger charge is -2.37. The molecule has 6 nitrogen and oxygen atoms in total. The van der Waals surface area contributed by atoms with Crippen LogP contribution >= 0.6 is 11.3 Å². The maximum Gasteiger partial charge on any atom is 0.138 e. The molecule has 0 spiro atoms. The lowest BCUT2D eigenvalue weighted by molar-refractivity contribution is 0.215. The molecule has 4 N–H and O–H groups in total. The molecule has 0 bridgehead atoms. The Morgan fingerprint density at radius 3 is 2.92 bits per heavy atom. The third kappa shape index (κ3) is 2.72. The molecule has 25 heavy (non-hydrogen) atoms. The molecule has 3 aromatic rings. The number of hydrogen-bond acceptors (Lipinski definition) is 7. The van der Waals surface area contributed by atoms with Crippen LogP contribution in [0.1, 0.15) is 12.1 Å². The Morgan fingerprint density at radius 1 is 1.16 bits per heavy atom. The summed E-state index contributed by atoms with van der Waals surface area (Å²) in [6.45, 7) is 0.435. The van der Waals surface area contributed by atoms with E-state index in [1.807, 2.05) is 53.0 Å². The number of thiophene rings is 1. The van der Waals surface area contributed by atoms with Crippen LogP contribution in [0.15, 0.2) is 59.4 Å². The van der Waals surface area contributed by atoms with Gasteiger partial charge >= 0.3 is 0 Å². The van der Waals surface area contributed by atoms with Crippen LogP contribution in [0, 0.1) is 0 Å². The van der Waals surface area contributed by atoms with E-state index >= 15 is 0 Å². The van der Waals surface area contributed by atoms with Crippen LogP contribution in [0.4, 0.5) is 0 Å². The van der Waals surface area contributed by atoms with Gasteiger partial charge < -0.3 is 16.4 Å². The summed E-state index contributed by atoms with van der Waals surface area (Å²) in [4.78, 5) is 15.3. The SMILES string of the molecule is NCCC(N)(c1ncnc2ccsc12)N1C=CN=c2ccccc2=C1. The molecule has 0 radical (unpaired) electrons. The van der Waals surface area contributed by atoms with Gasteiger partial charge in [-0.25, -0.2) is 9.97 Å². The topological polar surface area (TPSA) is 93.4 Å². The van der Waals surface area contributed by atoms with Crippen LogP contribution in [0.2, 0.25) is 0 Å². The quantitative estimate of drug-likeness (QED) is 0.732. The van der Waals surface area contributed by atoms with Crippen molar-refractivity contribution >= 4 is 27.8 Å². The molecule has 3 heterocycles. The number of nitrogens with zero attached hydrogens (tertiary/aromatic N) is 4. The third-order valence-corrected chi connectivity index (χ3v) is 5.21. The van der Waals surface area contributed by atoms with Crippen molar-refractivity contribution in [2.45, 2.75) is 12.1 Å². The Hall–Kier alpha value is -2.61. The van der Waals surface area contributed by atoms with E-state index in [4.69, 9.17) is 11.5 Å². The van der Waals surface area contributed by atoms with Crippen molar-refractivity contribution in [1.82, 2.24) is 14.9 Å². The lowest BCUT2D eigenvalue weighted by Crippen LogP contribution is -2.51. The molecule has 2 aromatic heterocycles.